The molecule has 0 aliphatic rings. The van der Waals surface area contributed by atoms with Crippen molar-refractivity contribution < 1.29 is 4.79 Å². The summed E-state index contributed by atoms with van der Waals surface area (Å²) in [6, 6.07) is 7.21. The molecule has 0 aliphatic heterocycles. The SMILES string of the molecule is CCCCN(C)c1nccc(C(=O)NCc2ccccn2)n1. The smallest absolute Gasteiger partial charge is 0.270 e. The monoisotopic (exact) mass is 299 g/mol. The number of anilines is 1. The molecule has 2 rings (SSSR count). The quantitative estimate of drug-likeness (QED) is 0.847. The van der Waals surface area contributed by atoms with Crippen molar-refractivity contribution in [3.05, 3.63) is 48.0 Å². The Bertz CT molecular complexity index is 602. The minimum absolute atomic E-state index is 0.224. The third-order valence-electron chi connectivity index (χ3n) is 3.22. The fraction of sp³-hybridized carbons (Fsp3) is 0.375. The maximum atomic E-state index is 12.2. The van der Waals surface area contributed by atoms with Crippen LogP contribution < -0.4 is 10.2 Å². The van der Waals surface area contributed by atoms with E-state index in [-0.39, 0.29) is 5.91 Å². The molecule has 0 aromatic carbocycles. The number of unbranched alkanes of at least 4 members (excludes halogenated alkanes) is 1. The van der Waals surface area contributed by atoms with Crippen molar-refractivity contribution >= 4 is 11.9 Å². The van der Waals surface area contributed by atoms with Crippen molar-refractivity contribution in [3.8, 4) is 0 Å². The van der Waals surface area contributed by atoms with E-state index < -0.39 is 0 Å². The molecule has 1 amide bonds. The summed E-state index contributed by atoms with van der Waals surface area (Å²) < 4.78 is 0. The number of aromatic nitrogens is 3. The molecule has 6 nitrogen and oxygen atoms in total. The molecule has 0 spiro atoms. The highest BCUT2D eigenvalue weighted by atomic mass is 16.1. The highest BCUT2D eigenvalue weighted by molar-refractivity contribution is 5.92. The first-order valence-corrected chi connectivity index (χ1v) is 7.43. The number of pyridine rings is 1. The zero-order chi connectivity index (χ0) is 15.8. The third-order valence-corrected chi connectivity index (χ3v) is 3.22. The fourth-order valence-electron chi connectivity index (χ4n) is 1.92. The highest BCUT2D eigenvalue weighted by Gasteiger charge is 2.11. The molecule has 2 aromatic heterocycles. The number of rotatable bonds is 7. The van der Waals surface area contributed by atoms with Gasteiger partial charge in [0, 0.05) is 26.0 Å². The lowest BCUT2D eigenvalue weighted by atomic mass is 10.3. The Balaban J connectivity index is 1.97. The average Bonchev–Trinajstić information content (AvgIpc) is 2.58. The molecule has 0 unspecified atom stereocenters. The lowest BCUT2D eigenvalue weighted by molar-refractivity contribution is 0.0945. The lowest BCUT2D eigenvalue weighted by Gasteiger charge is -2.16. The molecule has 116 valence electrons. The second kappa shape index (κ2) is 8.07. The van der Waals surface area contributed by atoms with Crippen LogP contribution in [0.15, 0.2) is 36.7 Å². The first-order chi connectivity index (χ1) is 10.7. The van der Waals surface area contributed by atoms with Crippen molar-refractivity contribution in [3.63, 3.8) is 0 Å². The van der Waals surface area contributed by atoms with Gasteiger partial charge >= 0.3 is 0 Å². The van der Waals surface area contributed by atoms with Gasteiger partial charge in [0.15, 0.2) is 0 Å². The minimum Gasteiger partial charge on any atom is -0.345 e. The fourth-order valence-corrected chi connectivity index (χ4v) is 1.92. The number of carbonyl (C=O) groups excluding carboxylic acids is 1. The lowest BCUT2D eigenvalue weighted by Crippen LogP contribution is -2.26. The minimum atomic E-state index is -0.224. The van der Waals surface area contributed by atoms with Gasteiger partial charge in [-0.05, 0) is 24.6 Å². The molecule has 0 atom stereocenters. The predicted molar refractivity (Wildman–Crippen MR) is 85.6 cm³/mol. The number of hydrogen-bond acceptors (Lipinski definition) is 5. The molecule has 1 N–H and O–H groups in total. The van der Waals surface area contributed by atoms with E-state index >= 15 is 0 Å². The Morgan fingerprint density at radius 2 is 2.09 bits per heavy atom. The van der Waals surface area contributed by atoms with E-state index in [0.717, 1.165) is 25.1 Å². The zero-order valence-electron chi connectivity index (χ0n) is 13.0. The van der Waals surface area contributed by atoms with Gasteiger partial charge in [0.1, 0.15) is 5.69 Å². The van der Waals surface area contributed by atoms with E-state index in [4.69, 9.17) is 0 Å². The van der Waals surface area contributed by atoms with Crippen LogP contribution in [0, 0.1) is 0 Å². The van der Waals surface area contributed by atoms with Crippen LogP contribution in [0.2, 0.25) is 0 Å². The molecule has 2 heterocycles. The van der Waals surface area contributed by atoms with Crippen LogP contribution in [0.5, 0.6) is 0 Å². The molecule has 0 fully saturated rings. The van der Waals surface area contributed by atoms with Crippen LogP contribution in [-0.2, 0) is 6.54 Å². The van der Waals surface area contributed by atoms with Gasteiger partial charge in [-0.1, -0.05) is 19.4 Å². The Kier molecular flexibility index (Phi) is 5.82. The van der Waals surface area contributed by atoms with Gasteiger partial charge < -0.3 is 10.2 Å². The Hall–Kier alpha value is -2.50. The van der Waals surface area contributed by atoms with E-state index in [1.807, 2.05) is 30.1 Å². The summed E-state index contributed by atoms with van der Waals surface area (Å²) in [7, 11) is 1.93. The third kappa shape index (κ3) is 4.51. The topological polar surface area (TPSA) is 71.0 Å². The Morgan fingerprint density at radius 1 is 1.23 bits per heavy atom. The molecule has 0 saturated heterocycles. The predicted octanol–water partition coefficient (Wildman–Crippen LogP) is 2.04. The van der Waals surface area contributed by atoms with Crippen molar-refractivity contribution in [1.29, 1.82) is 0 Å². The van der Waals surface area contributed by atoms with E-state index in [2.05, 4.69) is 27.2 Å². The van der Waals surface area contributed by atoms with Crippen LogP contribution in [0.25, 0.3) is 0 Å². The Morgan fingerprint density at radius 3 is 2.82 bits per heavy atom. The first-order valence-electron chi connectivity index (χ1n) is 7.43. The summed E-state index contributed by atoms with van der Waals surface area (Å²) in [5, 5.41) is 2.81. The van der Waals surface area contributed by atoms with Gasteiger partial charge in [0.05, 0.1) is 12.2 Å². The molecular formula is C16H21N5O. The summed E-state index contributed by atoms with van der Waals surface area (Å²) in [6.07, 6.45) is 5.48. The molecule has 0 aliphatic carbocycles. The van der Waals surface area contributed by atoms with Crippen molar-refractivity contribution in [2.45, 2.75) is 26.3 Å². The standard InChI is InChI=1S/C16H21N5O/c1-3-4-11-21(2)16-18-10-8-14(20-16)15(22)19-12-13-7-5-6-9-17-13/h5-10H,3-4,11-12H2,1-2H3,(H,19,22). The molecule has 0 saturated carbocycles. The number of hydrogen-bond donors (Lipinski definition) is 1. The molecule has 6 heteroatoms. The van der Waals surface area contributed by atoms with E-state index in [1.165, 1.54) is 0 Å². The van der Waals surface area contributed by atoms with Gasteiger partial charge in [0.2, 0.25) is 5.95 Å². The van der Waals surface area contributed by atoms with Gasteiger partial charge in [-0.3, -0.25) is 9.78 Å². The summed E-state index contributed by atoms with van der Waals surface area (Å²) in [5.41, 5.74) is 1.18. The maximum Gasteiger partial charge on any atom is 0.270 e. The number of amides is 1. The van der Waals surface area contributed by atoms with Crippen molar-refractivity contribution in [2.24, 2.45) is 0 Å². The van der Waals surface area contributed by atoms with Crippen molar-refractivity contribution in [1.82, 2.24) is 20.3 Å². The van der Waals surface area contributed by atoms with Crippen LogP contribution in [0.3, 0.4) is 0 Å². The highest BCUT2D eigenvalue weighted by Crippen LogP contribution is 2.07. The van der Waals surface area contributed by atoms with Gasteiger partial charge in [-0.25, -0.2) is 9.97 Å². The van der Waals surface area contributed by atoms with E-state index in [9.17, 15) is 4.79 Å². The van der Waals surface area contributed by atoms with Crippen LogP contribution >= 0.6 is 0 Å². The number of nitrogens with one attached hydrogen (secondary N) is 1. The summed E-state index contributed by atoms with van der Waals surface area (Å²) >= 11 is 0. The van der Waals surface area contributed by atoms with E-state index in [1.54, 1.807) is 18.5 Å². The summed E-state index contributed by atoms with van der Waals surface area (Å²) in [6.45, 7) is 3.39. The second-order valence-electron chi connectivity index (χ2n) is 5.02. The molecule has 0 radical (unpaired) electrons. The number of nitrogens with zero attached hydrogens (tertiary/aromatic N) is 4. The first kappa shape index (κ1) is 15.9. The number of carbonyl (C=O) groups is 1. The average molecular weight is 299 g/mol. The van der Waals surface area contributed by atoms with Gasteiger partial charge in [-0.15, -0.1) is 0 Å². The molecule has 22 heavy (non-hydrogen) atoms. The largest absolute Gasteiger partial charge is 0.345 e. The van der Waals surface area contributed by atoms with Gasteiger partial charge in [0.25, 0.3) is 5.91 Å². The van der Waals surface area contributed by atoms with Gasteiger partial charge in [-0.2, -0.15) is 0 Å². The van der Waals surface area contributed by atoms with Crippen molar-refractivity contribution in [2.75, 3.05) is 18.5 Å². The van der Waals surface area contributed by atoms with Crippen LogP contribution in [0.4, 0.5) is 5.95 Å². The maximum absolute atomic E-state index is 12.2. The summed E-state index contributed by atoms with van der Waals surface area (Å²) in [4.78, 5) is 26.8. The summed E-state index contributed by atoms with van der Waals surface area (Å²) in [5.74, 6) is 0.345. The van der Waals surface area contributed by atoms with Crippen LogP contribution in [0.1, 0.15) is 35.9 Å². The molecule has 2 aromatic rings. The second-order valence-corrected chi connectivity index (χ2v) is 5.02. The normalized spacial score (nSPS) is 10.3. The Labute approximate surface area is 130 Å². The van der Waals surface area contributed by atoms with E-state index in [0.29, 0.717) is 18.2 Å². The molecular weight excluding hydrogens is 278 g/mol. The zero-order valence-corrected chi connectivity index (χ0v) is 13.0. The van der Waals surface area contributed by atoms with Crippen LogP contribution in [-0.4, -0.2) is 34.5 Å². The molecule has 0 bridgehead atoms.